The monoisotopic (exact) mass is 274 g/mol. The molecule has 18 heavy (non-hydrogen) atoms. The van der Waals surface area contributed by atoms with Gasteiger partial charge in [0, 0.05) is 29.6 Å². The van der Waals surface area contributed by atoms with E-state index in [1.165, 1.54) is 6.42 Å². The Morgan fingerprint density at radius 1 is 1.44 bits per heavy atom. The third kappa shape index (κ3) is 5.06. The summed E-state index contributed by atoms with van der Waals surface area (Å²) in [4.78, 5) is 13.5. The molecule has 2 N–H and O–H groups in total. The molecule has 0 aromatic rings. The molecule has 0 spiro atoms. The summed E-state index contributed by atoms with van der Waals surface area (Å²) in [5.41, 5.74) is 5.41. The van der Waals surface area contributed by atoms with Gasteiger partial charge in [-0.2, -0.15) is 0 Å². The zero-order valence-electron chi connectivity index (χ0n) is 11.6. The summed E-state index contributed by atoms with van der Waals surface area (Å²) in [5, 5.41) is 0.223. The second-order valence-corrected chi connectivity index (χ2v) is 7.09. The first-order valence-electron chi connectivity index (χ1n) is 6.85. The van der Waals surface area contributed by atoms with Crippen LogP contribution >= 0.6 is 0 Å². The predicted molar refractivity (Wildman–Crippen MR) is 75.7 cm³/mol. The van der Waals surface area contributed by atoms with Crippen LogP contribution < -0.4 is 5.73 Å². The standard InChI is InChI=1S/C13H26N2O2S/c1-11-5-3-6-12(9-11)18(17)10-13(16)15(2)8-4-7-14/h11-12H,3-10,14H2,1-2H3. The Morgan fingerprint density at radius 2 is 2.17 bits per heavy atom. The lowest BCUT2D eigenvalue weighted by molar-refractivity contribution is -0.127. The Kier molecular flexibility index (Phi) is 6.86. The molecule has 3 atom stereocenters. The number of nitrogens with zero attached hydrogens (tertiary/aromatic N) is 1. The molecule has 0 aromatic heterocycles. The van der Waals surface area contributed by atoms with Gasteiger partial charge < -0.3 is 10.6 Å². The molecule has 0 aromatic carbocycles. The molecule has 1 fully saturated rings. The van der Waals surface area contributed by atoms with Crippen molar-refractivity contribution in [2.45, 2.75) is 44.3 Å². The van der Waals surface area contributed by atoms with Gasteiger partial charge in [0.25, 0.3) is 0 Å². The first-order chi connectivity index (χ1) is 8.54. The summed E-state index contributed by atoms with van der Waals surface area (Å²) in [6.07, 6.45) is 5.20. The molecule has 0 bridgehead atoms. The minimum absolute atomic E-state index is 0.0139. The topological polar surface area (TPSA) is 63.4 Å². The molecule has 5 heteroatoms. The van der Waals surface area contributed by atoms with E-state index in [0.29, 0.717) is 19.0 Å². The van der Waals surface area contributed by atoms with Crippen molar-refractivity contribution < 1.29 is 9.00 Å². The lowest BCUT2D eigenvalue weighted by Crippen LogP contribution is -2.35. The van der Waals surface area contributed by atoms with Crippen molar-refractivity contribution in [2.75, 3.05) is 25.9 Å². The Balaban J connectivity index is 2.36. The molecule has 1 aliphatic rings. The molecular formula is C13H26N2O2S. The highest BCUT2D eigenvalue weighted by Gasteiger charge is 2.25. The van der Waals surface area contributed by atoms with E-state index in [2.05, 4.69) is 6.92 Å². The van der Waals surface area contributed by atoms with Gasteiger partial charge >= 0.3 is 0 Å². The third-order valence-electron chi connectivity index (χ3n) is 3.65. The van der Waals surface area contributed by atoms with Gasteiger partial charge in [-0.15, -0.1) is 0 Å². The molecule has 4 nitrogen and oxygen atoms in total. The molecule has 0 heterocycles. The van der Waals surface area contributed by atoms with E-state index in [1.54, 1.807) is 11.9 Å². The maximum absolute atomic E-state index is 12.2. The Bertz CT molecular complexity index is 297. The molecule has 1 aliphatic carbocycles. The van der Waals surface area contributed by atoms with Gasteiger partial charge in [-0.1, -0.05) is 19.8 Å². The summed E-state index contributed by atoms with van der Waals surface area (Å²) in [7, 11) is 0.757. The van der Waals surface area contributed by atoms with Crippen LogP contribution in [0.5, 0.6) is 0 Å². The van der Waals surface area contributed by atoms with Crippen molar-refractivity contribution in [1.29, 1.82) is 0 Å². The summed E-state index contributed by atoms with van der Waals surface area (Å²) in [6.45, 7) is 3.45. The van der Waals surface area contributed by atoms with Crippen LogP contribution in [0.25, 0.3) is 0 Å². The largest absolute Gasteiger partial charge is 0.345 e. The molecule has 0 aliphatic heterocycles. The van der Waals surface area contributed by atoms with E-state index >= 15 is 0 Å². The normalized spacial score (nSPS) is 25.7. The number of nitrogens with two attached hydrogens (primary N) is 1. The summed E-state index contributed by atoms with van der Waals surface area (Å²) in [5.74, 6) is 0.816. The molecule has 106 valence electrons. The zero-order chi connectivity index (χ0) is 13.5. The number of carbonyl (C=O) groups is 1. The van der Waals surface area contributed by atoms with Gasteiger partial charge in [0.15, 0.2) is 0 Å². The fourth-order valence-electron chi connectivity index (χ4n) is 2.42. The number of hydrogen-bond donors (Lipinski definition) is 1. The van der Waals surface area contributed by atoms with Crippen molar-refractivity contribution in [3.63, 3.8) is 0 Å². The Hall–Kier alpha value is -0.420. The predicted octanol–water partition coefficient (Wildman–Crippen LogP) is 1.12. The maximum Gasteiger partial charge on any atom is 0.234 e. The van der Waals surface area contributed by atoms with Crippen molar-refractivity contribution in [3.8, 4) is 0 Å². The quantitative estimate of drug-likeness (QED) is 0.789. The summed E-state index contributed by atoms with van der Waals surface area (Å²) in [6, 6.07) is 0. The Labute approximate surface area is 113 Å². The number of hydrogen-bond acceptors (Lipinski definition) is 3. The average molecular weight is 274 g/mol. The first-order valence-corrected chi connectivity index (χ1v) is 8.24. The molecule has 0 radical (unpaired) electrons. The smallest absolute Gasteiger partial charge is 0.234 e. The average Bonchev–Trinajstić information content (AvgIpc) is 2.35. The highest BCUT2D eigenvalue weighted by molar-refractivity contribution is 7.86. The number of amides is 1. The van der Waals surface area contributed by atoms with Crippen molar-refractivity contribution in [1.82, 2.24) is 4.90 Å². The molecule has 1 amide bonds. The van der Waals surface area contributed by atoms with Crippen LogP contribution in [0.4, 0.5) is 0 Å². The Morgan fingerprint density at radius 3 is 2.78 bits per heavy atom. The maximum atomic E-state index is 12.2. The van der Waals surface area contributed by atoms with Gasteiger partial charge in [-0.25, -0.2) is 0 Å². The van der Waals surface area contributed by atoms with Gasteiger partial charge in [-0.3, -0.25) is 9.00 Å². The molecule has 0 saturated heterocycles. The van der Waals surface area contributed by atoms with Gasteiger partial charge in [0.05, 0.1) is 0 Å². The SMILES string of the molecule is CC1CCCC(S(=O)CC(=O)N(C)CCCN)C1. The second-order valence-electron chi connectivity index (χ2n) is 5.38. The third-order valence-corrected chi connectivity index (χ3v) is 5.35. The number of carbonyl (C=O) groups excluding carboxylic acids is 1. The lowest BCUT2D eigenvalue weighted by Gasteiger charge is -2.26. The van der Waals surface area contributed by atoms with Crippen LogP contribution in [0.3, 0.4) is 0 Å². The van der Waals surface area contributed by atoms with Crippen LogP contribution in [0.1, 0.15) is 39.0 Å². The molecule has 1 saturated carbocycles. The fourth-order valence-corrected chi connectivity index (χ4v) is 4.09. The van der Waals surface area contributed by atoms with E-state index < -0.39 is 10.8 Å². The minimum atomic E-state index is -1.01. The van der Waals surface area contributed by atoms with Gasteiger partial charge in [-0.05, 0) is 31.7 Å². The summed E-state index contributed by atoms with van der Waals surface area (Å²) < 4.78 is 12.2. The molecule has 3 unspecified atom stereocenters. The zero-order valence-corrected chi connectivity index (χ0v) is 12.4. The van der Waals surface area contributed by atoms with Gasteiger partial charge in [0.2, 0.25) is 5.91 Å². The van der Waals surface area contributed by atoms with Crippen molar-refractivity contribution in [2.24, 2.45) is 11.7 Å². The highest BCUT2D eigenvalue weighted by atomic mass is 32.2. The first kappa shape index (κ1) is 15.6. The van der Waals surface area contributed by atoms with E-state index in [1.807, 2.05) is 0 Å². The van der Waals surface area contributed by atoms with E-state index in [4.69, 9.17) is 5.73 Å². The van der Waals surface area contributed by atoms with Crippen molar-refractivity contribution in [3.05, 3.63) is 0 Å². The van der Waals surface area contributed by atoms with Crippen LogP contribution in [0.2, 0.25) is 0 Å². The van der Waals surface area contributed by atoms with E-state index in [9.17, 15) is 9.00 Å². The van der Waals surface area contributed by atoms with E-state index in [0.717, 1.165) is 25.7 Å². The highest BCUT2D eigenvalue weighted by Crippen LogP contribution is 2.27. The van der Waals surface area contributed by atoms with Crippen LogP contribution in [-0.4, -0.2) is 46.2 Å². The van der Waals surface area contributed by atoms with Crippen LogP contribution in [-0.2, 0) is 15.6 Å². The molecular weight excluding hydrogens is 248 g/mol. The summed E-state index contributed by atoms with van der Waals surface area (Å²) >= 11 is 0. The van der Waals surface area contributed by atoms with E-state index in [-0.39, 0.29) is 16.9 Å². The minimum Gasteiger partial charge on any atom is -0.345 e. The fraction of sp³-hybridized carbons (Fsp3) is 0.923. The van der Waals surface area contributed by atoms with Gasteiger partial charge in [0.1, 0.15) is 5.75 Å². The second kappa shape index (κ2) is 7.89. The van der Waals surface area contributed by atoms with Crippen LogP contribution in [0, 0.1) is 5.92 Å². The lowest BCUT2D eigenvalue weighted by atomic mass is 9.91. The molecule has 1 rings (SSSR count). The van der Waals surface area contributed by atoms with Crippen molar-refractivity contribution >= 4 is 16.7 Å². The number of rotatable bonds is 6. The van der Waals surface area contributed by atoms with Crippen LogP contribution in [0.15, 0.2) is 0 Å².